The summed E-state index contributed by atoms with van der Waals surface area (Å²) < 4.78 is 0. The van der Waals surface area contributed by atoms with E-state index in [1.165, 1.54) is 57.8 Å². The Balaban J connectivity index is 3.35. The van der Waals surface area contributed by atoms with Crippen LogP contribution < -0.4 is 0 Å². The number of carbonyl (C=O) groups is 2. The molecular formula is C18H34O4. The maximum absolute atomic E-state index is 10.9. The molecule has 0 heterocycles. The van der Waals surface area contributed by atoms with Gasteiger partial charge in [0, 0.05) is 0 Å². The zero-order chi connectivity index (χ0) is 16.6. The first-order valence-corrected chi connectivity index (χ1v) is 9.02. The summed E-state index contributed by atoms with van der Waals surface area (Å²) in [4.78, 5) is 21.5. The van der Waals surface area contributed by atoms with Crippen molar-refractivity contribution in [1.82, 2.24) is 0 Å². The van der Waals surface area contributed by atoms with Crippen molar-refractivity contribution in [1.29, 1.82) is 0 Å². The summed E-state index contributed by atoms with van der Waals surface area (Å²) in [5, 5.41) is 17.6. The zero-order valence-electron chi connectivity index (χ0n) is 14.2. The molecule has 0 aromatic carbocycles. The second kappa shape index (κ2) is 14.9. The van der Waals surface area contributed by atoms with Gasteiger partial charge >= 0.3 is 11.9 Å². The van der Waals surface area contributed by atoms with Crippen molar-refractivity contribution in [2.24, 2.45) is 5.92 Å². The Morgan fingerprint density at radius 2 is 1.14 bits per heavy atom. The third-order valence-electron chi connectivity index (χ3n) is 4.18. The molecular weight excluding hydrogens is 280 g/mol. The van der Waals surface area contributed by atoms with E-state index < -0.39 is 17.9 Å². The molecule has 0 radical (unpaired) electrons. The molecule has 0 amide bonds. The van der Waals surface area contributed by atoms with E-state index in [1.54, 1.807) is 0 Å². The maximum Gasteiger partial charge on any atom is 0.307 e. The molecule has 0 rings (SSSR count). The van der Waals surface area contributed by atoms with Crippen molar-refractivity contribution < 1.29 is 19.8 Å². The van der Waals surface area contributed by atoms with Crippen LogP contribution in [0, 0.1) is 5.92 Å². The first kappa shape index (κ1) is 20.9. The quantitative estimate of drug-likeness (QED) is 0.381. The summed E-state index contributed by atoms with van der Waals surface area (Å²) in [7, 11) is 0. The van der Waals surface area contributed by atoms with Crippen LogP contribution in [0.25, 0.3) is 0 Å². The van der Waals surface area contributed by atoms with Gasteiger partial charge < -0.3 is 10.2 Å². The minimum Gasteiger partial charge on any atom is -0.481 e. The predicted molar refractivity (Wildman–Crippen MR) is 89.1 cm³/mol. The fourth-order valence-corrected chi connectivity index (χ4v) is 2.76. The van der Waals surface area contributed by atoms with E-state index in [9.17, 15) is 9.59 Å². The third kappa shape index (κ3) is 13.9. The maximum atomic E-state index is 10.9. The topological polar surface area (TPSA) is 74.6 Å². The second-order valence-corrected chi connectivity index (χ2v) is 6.31. The van der Waals surface area contributed by atoms with Gasteiger partial charge in [-0.1, -0.05) is 84.0 Å². The Morgan fingerprint density at radius 1 is 0.727 bits per heavy atom. The number of hydrogen-bond acceptors (Lipinski definition) is 2. The highest BCUT2D eigenvalue weighted by molar-refractivity contribution is 5.77. The van der Waals surface area contributed by atoms with E-state index in [1.807, 2.05) is 0 Å². The van der Waals surface area contributed by atoms with E-state index in [2.05, 4.69) is 6.92 Å². The second-order valence-electron chi connectivity index (χ2n) is 6.31. The molecule has 0 saturated carbocycles. The average molecular weight is 314 g/mol. The number of unbranched alkanes of at least 4 members (excludes halogenated alkanes) is 11. The lowest BCUT2D eigenvalue weighted by atomic mass is 9.97. The molecule has 4 nitrogen and oxygen atoms in total. The highest BCUT2D eigenvalue weighted by Gasteiger charge is 2.19. The lowest BCUT2D eigenvalue weighted by Crippen LogP contribution is -2.17. The molecule has 0 saturated heterocycles. The van der Waals surface area contributed by atoms with Gasteiger partial charge in [0.15, 0.2) is 0 Å². The van der Waals surface area contributed by atoms with Gasteiger partial charge in [0.1, 0.15) is 0 Å². The van der Waals surface area contributed by atoms with Crippen molar-refractivity contribution in [2.75, 3.05) is 0 Å². The first-order valence-electron chi connectivity index (χ1n) is 9.02. The first-order chi connectivity index (χ1) is 10.6. The average Bonchev–Trinajstić information content (AvgIpc) is 2.46. The van der Waals surface area contributed by atoms with E-state index in [0.717, 1.165) is 19.3 Å². The molecule has 1 atom stereocenters. The summed E-state index contributed by atoms with van der Waals surface area (Å²) >= 11 is 0. The van der Waals surface area contributed by atoms with Gasteiger partial charge in [-0.3, -0.25) is 9.59 Å². The Kier molecular flexibility index (Phi) is 14.1. The normalized spacial score (nSPS) is 12.2. The van der Waals surface area contributed by atoms with Gasteiger partial charge in [-0.25, -0.2) is 0 Å². The molecule has 0 aliphatic heterocycles. The number of aliphatic carboxylic acids is 2. The number of rotatable bonds is 16. The van der Waals surface area contributed by atoms with Crippen molar-refractivity contribution in [3.05, 3.63) is 0 Å². The van der Waals surface area contributed by atoms with E-state index in [4.69, 9.17) is 10.2 Å². The van der Waals surface area contributed by atoms with Crippen LogP contribution in [0.15, 0.2) is 0 Å². The monoisotopic (exact) mass is 314 g/mol. The minimum absolute atomic E-state index is 0.257. The van der Waals surface area contributed by atoms with Gasteiger partial charge in [0.2, 0.25) is 0 Å². The third-order valence-corrected chi connectivity index (χ3v) is 4.18. The molecule has 0 spiro atoms. The number of carboxylic acid groups (broad SMARTS) is 2. The van der Waals surface area contributed by atoms with E-state index >= 15 is 0 Å². The molecule has 0 bridgehead atoms. The molecule has 130 valence electrons. The van der Waals surface area contributed by atoms with Crippen LogP contribution in [-0.4, -0.2) is 22.2 Å². The fourth-order valence-electron chi connectivity index (χ4n) is 2.76. The van der Waals surface area contributed by atoms with Crippen LogP contribution in [0.5, 0.6) is 0 Å². The van der Waals surface area contributed by atoms with Crippen molar-refractivity contribution in [3.63, 3.8) is 0 Å². The summed E-state index contributed by atoms with van der Waals surface area (Å²) in [5.74, 6) is -2.72. The van der Waals surface area contributed by atoms with Gasteiger partial charge in [0.25, 0.3) is 0 Å². The van der Waals surface area contributed by atoms with Crippen LogP contribution >= 0.6 is 0 Å². The van der Waals surface area contributed by atoms with Gasteiger partial charge in [0.05, 0.1) is 12.3 Å². The molecule has 0 unspecified atom stereocenters. The molecule has 0 aliphatic carbocycles. The molecule has 0 fully saturated rings. The molecule has 0 aromatic heterocycles. The summed E-state index contributed by atoms with van der Waals surface area (Å²) in [6, 6.07) is 0. The standard InChI is InChI=1S/C18H34O4/c1-2-3-4-5-6-7-8-9-10-11-12-13-14-16(18(21)22)15-17(19)20/h16H,2-15H2,1H3,(H,19,20)(H,21,22)/t16-/m0/s1. The highest BCUT2D eigenvalue weighted by Crippen LogP contribution is 2.16. The SMILES string of the molecule is CCCCCCCCCCCCCC[C@@H](CC(=O)O)C(=O)O. The van der Waals surface area contributed by atoms with Crippen LogP contribution in [0.1, 0.15) is 96.8 Å². The predicted octanol–water partition coefficient (Wildman–Crippen LogP) is 5.25. The molecule has 0 aliphatic rings. The zero-order valence-corrected chi connectivity index (χ0v) is 14.2. The van der Waals surface area contributed by atoms with E-state index in [0.29, 0.717) is 6.42 Å². The largest absolute Gasteiger partial charge is 0.481 e. The van der Waals surface area contributed by atoms with Crippen LogP contribution in [-0.2, 0) is 9.59 Å². The van der Waals surface area contributed by atoms with E-state index in [-0.39, 0.29) is 6.42 Å². The Morgan fingerprint density at radius 3 is 1.50 bits per heavy atom. The van der Waals surface area contributed by atoms with Crippen molar-refractivity contribution in [2.45, 2.75) is 96.8 Å². The summed E-state index contributed by atoms with van der Waals surface area (Å²) in [5.41, 5.74) is 0. The number of carboxylic acids is 2. The lowest BCUT2D eigenvalue weighted by molar-refractivity contribution is -0.148. The smallest absolute Gasteiger partial charge is 0.307 e. The van der Waals surface area contributed by atoms with Crippen LogP contribution in [0.2, 0.25) is 0 Å². The van der Waals surface area contributed by atoms with Crippen LogP contribution in [0.4, 0.5) is 0 Å². The Bertz CT molecular complexity index is 289. The van der Waals surface area contributed by atoms with Crippen molar-refractivity contribution in [3.8, 4) is 0 Å². The summed E-state index contributed by atoms with van der Waals surface area (Å²) in [6.07, 6.45) is 15.1. The molecule has 2 N–H and O–H groups in total. The minimum atomic E-state index is -1.02. The van der Waals surface area contributed by atoms with Crippen LogP contribution in [0.3, 0.4) is 0 Å². The fraction of sp³-hybridized carbons (Fsp3) is 0.889. The van der Waals surface area contributed by atoms with Gasteiger partial charge in [-0.05, 0) is 6.42 Å². The number of hydrogen-bond donors (Lipinski definition) is 2. The summed E-state index contributed by atoms with van der Waals surface area (Å²) in [6.45, 7) is 2.24. The van der Waals surface area contributed by atoms with Gasteiger partial charge in [-0.2, -0.15) is 0 Å². The van der Waals surface area contributed by atoms with Gasteiger partial charge in [-0.15, -0.1) is 0 Å². The molecule has 22 heavy (non-hydrogen) atoms. The molecule has 4 heteroatoms. The Labute approximate surface area is 135 Å². The molecule has 0 aromatic rings. The Hall–Kier alpha value is -1.06. The lowest BCUT2D eigenvalue weighted by Gasteiger charge is -2.09. The highest BCUT2D eigenvalue weighted by atomic mass is 16.4. The van der Waals surface area contributed by atoms with Crippen molar-refractivity contribution >= 4 is 11.9 Å².